The van der Waals surface area contributed by atoms with Gasteiger partial charge in [0.15, 0.2) is 11.5 Å². The lowest BCUT2D eigenvalue weighted by atomic mass is 10.1. The normalized spacial score (nSPS) is 15.5. The second-order valence-electron chi connectivity index (χ2n) is 5.04. The maximum absolute atomic E-state index is 12.4. The minimum atomic E-state index is -0.0500. The molecule has 0 saturated carbocycles. The third-order valence-corrected chi connectivity index (χ3v) is 3.76. The molecule has 6 nitrogen and oxygen atoms in total. The number of nitrogens with zero attached hydrogens (tertiary/aromatic N) is 2. The number of carbonyl (C=O) groups excluding carboxylic acids is 1. The minimum absolute atomic E-state index is 0. The van der Waals surface area contributed by atoms with Crippen molar-refractivity contribution in [2.75, 3.05) is 20.1 Å². The molecule has 0 atom stereocenters. The van der Waals surface area contributed by atoms with Crippen molar-refractivity contribution >= 4 is 18.3 Å². The number of aromatic amines is 1. The molecule has 0 spiro atoms. The zero-order valence-electron chi connectivity index (χ0n) is 11.8. The number of rotatable bonds is 3. The predicted octanol–water partition coefficient (Wildman–Crippen LogP) is 1.92. The summed E-state index contributed by atoms with van der Waals surface area (Å²) in [5, 5.41) is 10.2. The zero-order chi connectivity index (χ0) is 13.9. The Morgan fingerprint density at radius 2 is 2.19 bits per heavy atom. The van der Waals surface area contributed by atoms with Crippen LogP contribution in [-0.4, -0.2) is 47.2 Å². The molecule has 2 aromatic heterocycles. The van der Waals surface area contributed by atoms with Crippen molar-refractivity contribution in [1.29, 1.82) is 0 Å². The van der Waals surface area contributed by atoms with E-state index in [2.05, 4.69) is 15.5 Å². The zero-order valence-corrected chi connectivity index (χ0v) is 12.7. The van der Waals surface area contributed by atoms with E-state index >= 15 is 0 Å². The monoisotopic (exact) mass is 310 g/mol. The van der Waals surface area contributed by atoms with Crippen molar-refractivity contribution in [2.24, 2.45) is 0 Å². The van der Waals surface area contributed by atoms with Crippen molar-refractivity contribution in [3.05, 3.63) is 30.2 Å². The van der Waals surface area contributed by atoms with Gasteiger partial charge in [0.2, 0.25) is 0 Å². The summed E-state index contributed by atoms with van der Waals surface area (Å²) >= 11 is 0. The highest BCUT2D eigenvalue weighted by molar-refractivity contribution is 5.93. The van der Waals surface area contributed by atoms with Gasteiger partial charge in [0.05, 0.1) is 6.26 Å². The van der Waals surface area contributed by atoms with E-state index in [0.29, 0.717) is 11.5 Å². The van der Waals surface area contributed by atoms with Gasteiger partial charge in [-0.25, -0.2) is 0 Å². The lowest BCUT2D eigenvalue weighted by Gasteiger charge is -2.31. The summed E-state index contributed by atoms with van der Waals surface area (Å²) in [6, 6.07) is 5.66. The van der Waals surface area contributed by atoms with E-state index in [1.165, 1.54) is 0 Å². The number of H-pyrrole nitrogens is 1. The van der Waals surface area contributed by atoms with Gasteiger partial charge in [0.25, 0.3) is 5.91 Å². The Balaban J connectivity index is 0.00000161. The lowest BCUT2D eigenvalue weighted by molar-refractivity contribution is 0.0697. The van der Waals surface area contributed by atoms with E-state index in [4.69, 9.17) is 4.42 Å². The molecular formula is C14H19ClN4O2. The van der Waals surface area contributed by atoms with Crippen LogP contribution in [0, 0.1) is 0 Å². The quantitative estimate of drug-likeness (QED) is 0.908. The van der Waals surface area contributed by atoms with Gasteiger partial charge in [-0.3, -0.25) is 9.89 Å². The Morgan fingerprint density at radius 3 is 2.86 bits per heavy atom. The molecule has 1 aliphatic heterocycles. The van der Waals surface area contributed by atoms with E-state index in [1.807, 2.05) is 13.1 Å². The maximum Gasteiger partial charge on any atom is 0.274 e. The number of aromatic nitrogens is 2. The van der Waals surface area contributed by atoms with Crippen LogP contribution in [0.15, 0.2) is 28.9 Å². The first-order valence-electron chi connectivity index (χ1n) is 6.83. The highest BCUT2D eigenvalue weighted by atomic mass is 35.5. The first-order chi connectivity index (χ1) is 9.75. The van der Waals surface area contributed by atoms with Gasteiger partial charge >= 0.3 is 0 Å². The highest BCUT2D eigenvalue weighted by Crippen LogP contribution is 2.19. The van der Waals surface area contributed by atoms with Crippen LogP contribution in [0.25, 0.3) is 11.5 Å². The van der Waals surface area contributed by atoms with Crippen molar-refractivity contribution < 1.29 is 9.21 Å². The fraction of sp³-hybridized carbons (Fsp3) is 0.429. The minimum Gasteiger partial charge on any atom is -0.463 e. The van der Waals surface area contributed by atoms with E-state index < -0.39 is 0 Å². The molecule has 7 heteroatoms. The molecule has 3 rings (SSSR count). The predicted molar refractivity (Wildman–Crippen MR) is 81.5 cm³/mol. The second-order valence-corrected chi connectivity index (χ2v) is 5.04. The molecule has 3 heterocycles. The Hall–Kier alpha value is -1.79. The number of carbonyl (C=O) groups is 1. The van der Waals surface area contributed by atoms with Crippen molar-refractivity contribution in [3.8, 4) is 11.5 Å². The topological polar surface area (TPSA) is 74.2 Å². The van der Waals surface area contributed by atoms with Gasteiger partial charge in [-0.15, -0.1) is 12.4 Å². The van der Waals surface area contributed by atoms with Gasteiger partial charge < -0.3 is 14.6 Å². The molecule has 2 aromatic rings. The summed E-state index contributed by atoms with van der Waals surface area (Å²) in [5.41, 5.74) is 1.15. The molecule has 1 saturated heterocycles. The molecule has 2 N–H and O–H groups in total. The van der Waals surface area contributed by atoms with Crippen molar-refractivity contribution in [2.45, 2.75) is 18.9 Å². The number of piperidine rings is 1. The number of hydrogen-bond donors (Lipinski definition) is 2. The summed E-state index contributed by atoms with van der Waals surface area (Å²) in [6.07, 6.45) is 3.56. The van der Waals surface area contributed by atoms with Gasteiger partial charge in [0.1, 0.15) is 5.69 Å². The van der Waals surface area contributed by atoms with Crippen LogP contribution in [0.1, 0.15) is 23.3 Å². The molecule has 0 unspecified atom stereocenters. The molecule has 0 bridgehead atoms. The molecule has 0 radical (unpaired) electrons. The van der Waals surface area contributed by atoms with Crippen LogP contribution in [0.5, 0.6) is 0 Å². The fourth-order valence-corrected chi connectivity index (χ4v) is 2.53. The van der Waals surface area contributed by atoms with E-state index in [1.54, 1.807) is 23.3 Å². The summed E-state index contributed by atoms with van der Waals surface area (Å²) < 4.78 is 5.29. The van der Waals surface area contributed by atoms with Gasteiger partial charge in [0, 0.05) is 19.2 Å². The molecule has 1 aliphatic rings. The highest BCUT2D eigenvalue weighted by Gasteiger charge is 2.24. The second kappa shape index (κ2) is 6.78. The largest absolute Gasteiger partial charge is 0.463 e. The van der Waals surface area contributed by atoms with E-state index in [0.717, 1.165) is 31.6 Å². The number of furan rings is 1. The summed E-state index contributed by atoms with van der Waals surface area (Å²) in [4.78, 5) is 14.2. The smallest absolute Gasteiger partial charge is 0.274 e. The number of amides is 1. The average molecular weight is 311 g/mol. The van der Waals surface area contributed by atoms with Crippen LogP contribution in [0.3, 0.4) is 0 Å². The summed E-state index contributed by atoms with van der Waals surface area (Å²) in [7, 11) is 1.85. The van der Waals surface area contributed by atoms with E-state index in [-0.39, 0.29) is 24.4 Å². The SMILES string of the molecule is CN(C(=O)c1cc(-c2ccco2)[nH]n1)C1CCNCC1.Cl. The van der Waals surface area contributed by atoms with Crippen LogP contribution in [-0.2, 0) is 0 Å². The first kappa shape index (κ1) is 15.6. The molecule has 0 aromatic carbocycles. The van der Waals surface area contributed by atoms with Crippen LogP contribution in [0.4, 0.5) is 0 Å². The standard InChI is InChI=1S/C14H18N4O2.ClH/c1-18(10-4-6-15-7-5-10)14(19)12-9-11(16-17-12)13-3-2-8-20-13;/h2-3,8-10,15H,4-7H2,1H3,(H,16,17);1H. The molecule has 114 valence electrons. The Bertz CT molecular complexity index is 576. The Labute approximate surface area is 129 Å². The molecule has 0 aliphatic carbocycles. The van der Waals surface area contributed by atoms with Gasteiger partial charge in [-0.05, 0) is 38.1 Å². The molecule has 1 fully saturated rings. The van der Waals surface area contributed by atoms with Gasteiger partial charge in [-0.1, -0.05) is 0 Å². The number of halogens is 1. The van der Waals surface area contributed by atoms with Crippen LogP contribution >= 0.6 is 12.4 Å². The van der Waals surface area contributed by atoms with Gasteiger partial charge in [-0.2, -0.15) is 5.10 Å². The molecule has 1 amide bonds. The number of hydrogen-bond acceptors (Lipinski definition) is 4. The lowest BCUT2D eigenvalue weighted by Crippen LogP contribution is -2.44. The van der Waals surface area contributed by atoms with Crippen molar-refractivity contribution in [1.82, 2.24) is 20.4 Å². The van der Waals surface area contributed by atoms with Crippen molar-refractivity contribution in [3.63, 3.8) is 0 Å². The third kappa shape index (κ3) is 3.28. The Kier molecular flexibility index (Phi) is 5.03. The molecule has 21 heavy (non-hydrogen) atoms. The summed E-state index contributed by atoms with van der Waals surface area (Å²) in [5.74, 6) is 0.632. The number of nitrogens with one attached hydrogen (secondary N) is 2. The first-order valence-corrected chi connectivity index (χ1v) is 6.83. The maximum atomic E-state index is 12.4. The summed E-state index contributed by atoms with van der Waals surface area (Å²) in [6.45, 7) is 1.92. The van der Waals surface area contributed by atoms with Crippen LogP contribution in [0.2, 0.25) is 0 Å². The van der Waals surface area contributed by atoms with Crippen LogP contribution < -0.4 is 5.32 Å². The average Bonchev–Trinajstić information content (AvgIpc) is 3.17. The van der Waals surface area contributed by atoms with E-state index in [9.17, 15) is 4.79 Å². The molecular weight excluding hydrogens is 292 g/mol. The Morgan fingerprint density at radius 1 is 1.43 bits per heavy atom. The fourth-order valence-electron chi connectivity index (χ4n) is 2.53. The third-order valence-electron chi connectivity index (χ3n) is 3.76.